The number of ketones is 2. The first kappa shape index (κ1) is 65.6. The van der Waals surface area contributed by atoms with Crippen LogP contribution in [-0.2, 0) is 68.4 Å². The molecule has 414 valence electrons. The predicted octanol–water partition coefficient (Wildman–Crippen LogP) is 2.46. The van der Waals surface area contributed by atoms with Crippen LogP contribution in [0, 0.1) is 0 Å². The number of nitrogens with zero attached hydrogens (tertiary/aromatic N) is 1. The highest BCUT2D eigenvalue weighted by Crippen LogP contribution is 2.14. The number of ether oxygens (including phenoxy) is 6. The van der Waals surface area contributed by atoms with Gasteiger partial charge < -0.3 is 70.8 Å². The van der Waals surface area contributed by atoms with E-state index in [1.807, 2.05) is 0 Å². The highest BCUT2D eigenvalue weighted by molar-refractivity contribution is 5.87. The van der Waals surface area contributed by atoms with E-state index in [1.165, 1.54) is 64.6 Å². The second-order valence-corrected chi connectivity index (χ2v) is 17.6. The minimum atomic E-state index is -0.703. The van der Waals surface area contributed by atoms with Crippen molar-refractivity contribution in [1.82, 2.24) is 36.6 Å². The van der Waals surface area contributed by atoms with Crippen molar-refractivity contribution < 1.29 is 67.1 Å². The van der Waals surface area contributed by atoms with Crippen LogP contribution in [0.2, 0.25) is 0 Å². The van der Waals surface area contributed by atoms with Crippen LogP contribution in [-0.4, -0.2) is 180 Å². The van der Waals surface area contributed by atoms with Gasteiger partial charge in [0.1, 0.15) is 25.6 Å². The summed E-state index contributed by atoms with van der Waals surface area (Å²) in [5.41, 5.74) is 6.74. The monoisotopic (exact) mass is 1030 g/mol. The number of carboxylic acid groups (broad SMARTS) is 1. The topological polar surface area (TPSA) is 310 Å². The number of hydrogen-bond donors (Lipinski definition) is 8. The average Bonchev–Trinajstić information content (AvgIpc) is 3.87. The molecule has 1 rings (SSSR count). The van der Waals surface area contributed by atoms with E-state index < -0.39 is 18.1 Å². The molecule has 22 nitrogen and oxygen atoms in total. The Labute approximate surface area is 427 Å². The summed E-state index contributed by atoms with van der Waals surface area (Å²) >= 11 is 0. The summed E-state index contributed by atoms with van der Waals surface area (Å²) in [7, 11) is 0. The van der Waals surface area contributed by atoms with E-state index in [1.54, 1.807) is 6.20 Å². The lowest BCUT2D eigenvalue weighted by atomic mass is 10.0. The molecule has 0 bridgehead atoms. The van der Waals surface area contributed by atoms with Crippen molar-refractivity contribution in [3.05, 3.63) is 18.2 Å². The Morgan fingerprint density at radius 1 is 0.542 bits per heavy atom. The van der Waals surface area contributed by atoms with E-state index in [9.17, 15) is 33.6 Å². The fraction of sp³-hybridized carbons (Fsp3) is 0.800. The standard InChI is InChI=1S/C50H90N8O14/c1-41(59)44(57-36-45(60)43(51)34-42-35-52-40-58-42)18-16-17-21-53-47(62)37-70-31-29-68-26-23-55-49(64)39-72-33-30-69-27-24-56-48(63)38-71-32-28-67-25-22-54-46(61)19-14-12-10-8-6-4-2-3-5-7-9-11-13-15-20-50(65)66/h35,40,43-44,57H,2-34,36-39,51H2,1H3,(H,52,58)(H,53,62)(H,54,61)(H,55,64)(H,56,63)(H,65,66)/t43-,44-/m0/s1. The Morgan fingerprint density at radius 2 is 0.958 bits per heavy atom. The van der Waals surface area contributed by atoms with Gasteiger partial charge in [0.15, 0.2) is 5.78 Å². The van der Waals surface area contributed by atoms with E-state index in [-0.39, 0.29) is 121 Å². The predicted molar refractivity (Wildman–Crippen MR) is 270 cm³/mol. The maximum Gasteiger partial charge on any atom is 0.303 e. The lowest BCUT2D eigenvalue weighted by Gasteiger charge is -2.17. The third-order valence-electron chi connectivity index (χ3n) is 11.2. The molecular formula is C50H90N8O14. The molecule has 22 heteroatoms. The lowest BCUT2D eigenvalue weighted by Crippen LogP contribution is -2.44. The zero-order valence-corrected chi connectivity index (χ0v) is 43.3. The van der Waals surface area contributed by atoms with Gasteiger partial charge >= 0.3 is 5.97 Å². The third kappa shape index (κ3) is 43.2. The highest BCUT2D eigenvalue weighted by Gasteiger charge is 2.19. The van der Waals surface area contributed by atoms with E-state index >= 15 is 0 Å². The maximum atomic E-state index is 12.4. The van der Waals surface area contributed by atoms with Crippen molar-refractivity contribution in [3.63, 3.8) is 0 Å². The zero-order valence-electron chi connectivity index (χ0n) is 43.3. The number of H-pyrrole nitrogens is 1. The van der Waals surface area contributed by atoms with Crippen molar-refractivity contribution in [2.75, 3.05) is 112 Å². The van der Waals surface area contributed by atoms with Gasteiger partial charge in [0.05, 0.1) is 84.4 Å². The van der Waals surface area contributed by atoms with Gasteiger partial charge in [-0.1, -0.05) is 77.0 Å². The molecule has 0 saturated heterocycles. The quantitative estimate of drug-likeness (QED) is 0.0435. The molecular weight excluding hydrogens is 937 g/mol. The summed E-state index contributed by atoms with van der Waals surface area (Å²) in [4.78, 5) is 89.8. The van der Waals surface area contributed by atoms with Gasteiger partial charge in [-0.3, -0.25) is 33.6 Å². The Bertz CT molecular complexity index is 1560. The van der Waals surface area contributed by atoms with Crippen LogP contribution in [0.15, 0.2) is 12.5 Å². The summed E-state index contributed by atoms with van der Waals surface area (Å²) in [6.07, 6.45) is 22.2. The van der Waals surface area contributed by atoms with Gasteiger partial charge in [0.2, 0.25) is 23.6 Å². The van der Waals surface area contributed by atoms with Crippen molar-refractivity contribution in [2.24, 2.45) is 5.73 Å². The Balaban J connectivity index is 1.80. The van der Waals surface area contributed by atoms with Gasteiger partial charge in [0.25, 0.3) is 0 Å². The number of aromatic nitrogens is 2. The molecule has 9 N–H and O–H groups in total. The summed E-state index contributed by atoms with van der Waals surface area (Å²) < 4.78 is 32.3. The second kappa shape index (κ2) is 47.6. The van der Waals surface area contributed by atoms with Crippen LogP contribution in [0.1, 0.15) is 135 Å². The average molecular weight is 1030 g/mol. The van der Waals surface area contributed by atoms with Gasteiger partial charge in [0, 0.05) is 57.3 Å². The molecule has 2 atom stereocenters. The number of hydrogen-bond acceptors (Lipinski definition) is 16. The first-order valence-corrected chi connectivity index (χ1v) is 26.2. The number of carboxylic acids is 1. The molecule has 0 aliphatic heterocycles. The summed E-state index contributed by atoms with van der Waals surface area (Å²) in [5, 5.41) is 22.7. The molecule has 4 amide bonds. The summed E-state index contributed by atoms with van der Waals surface area (Å²) in [6, 6.07) is -1.18. The Morgan fingerprint density at radius 3 is 1.39 bits per heavy atom. The Hall–Kier alpha value is -4.42. The van der Waals surface area contributed by atoms with Crippen molar-refractivity contribution in [3.8, 4) is 0 Å². The van der Waals surface area contributed by atoms with Crippen molar-refractivity contribution >= 4 is 41.2 Å². The highest BCUT2D eigenvalue weighted by atomic mass is 16.5. The minimum Gasteiger partial charge on any atom is -0.481 e. The minimum absolute atomic E-state index is 0.0105. The van der Waals surface area contributed by atoms with Crippen LogP contribution in [0.4, 0.5) is 0 Å². The van der Waals surface area contributed by atoms with Crippen molar-refractivity contribution in [1.29, 1.82) is 0 Å². The first-order chi connectivity index (χ1) is 35.0. The Kier molecular flexibility index (Phi) is 43.3. The number of Topliss-reactive ketones (excluding diaryl/α,β-unsaturated/α-hetero) is 2. The molecule has 1 aromatic heterocycles. The van der Waals surface area contributed by atoms with Gasteiger partial charge in [-0.25, -0.2) is 4.98 Å². The number of carbonyl (C=O) groups excluding carboxylic acids is 6. The van der Waals surface area contributed by atoms with Crippen LogP contribution >= 0.6 is 0 Å². The molecule has 0 aromatic carbocycles. The normalized spacial score (nSPS) is 12.0. The zero-order chi connectivity index (χ0) is 52.5. The molecule has 0 aliphatic rings. The van der Waals surface area contributed by atoms with E-state index in [2.05, 4.69) is 36.6 Å². The van der Waals surface area contributed by atoms with Crippen LogP contribution in [0.5, 0.6) is 0 Å². The second-order valence-electron chi connectivity index (χ2n) is 17.6. The maximum absolute atomic E-state index is 12.4. The molecule has 1 heterocycles. The van der Waals surface area contributed by atoms with E-state index in [0.717, 1.165) is 44.2 Å². The smallest absolute Gasteiger partial charge is 0.303 e. The van der Waals surface area contributed by atoms with Gasteiger partial charge in [-0.05, 0) is 39.0 Å². The number of carbonyl (C=O) groups is 7. The first-order valence-electron chi connectivity index (χ1n) is 26.2. The van der Waals surface area contributed by atoms with Crippen LogP contribution < -0.4 is 32.3 Å². The lowest BCUT2D eigenvalue weighted by molar-refractivity contribution is -0.137. The number of aliphatic carboxylic acids is 1. The molecule has 72 heavy (non-hydrogen) atoms. The third-order valence-corrected chi connectivity index (χ3v) is 11.2. The fourth-order valence-corrected chi connectivity index (χ4v) is 7.12. The number of unbranched alkanes of at least 4 members (excludes halogenated alkanes) is 14. The number of aromatic amines is 1. The van der Waals surface area contributed by atoms with Gasteiger partial charge in [-0.15, -0.1) is 0 Å². The largest absolute Gasteiger partial charge is 0.481 e. The number of nitrogens with one attached hydrogen (secondary N) is 6. The van der Waals surface area contributed by atoms with E-state index in [0.29, 0.717) is 65.0 Å². The number of amides is 4. The van der Waals surface area contributed by atoms with E-state index in [4.69, 9.17) is 39.3 Å². The fourth-order valence-electron chi connectivity index (χ4n) is 7.12. The molecule has 1 aromatic rings. The molecule has 0 spiro atoms. The van der Waals surface area contributed by atoms with Crippen LogP contribution in [0.3, 0.4) is 0 Å². The molecule has 0 aliphatic carbocycles. The summed E-state index contributed by atoms with van der Waals surface area (Å²) in [5.74, 6) is -1.79. The number of nitrogens with two attached hydrogens (primary N) is 1. The SMILES string of the molecule is CC(=O)[C@H](CCCCNC(=O)COCCOCCNC(=O)COCCOCCNC(=O)COCCOCCNC(=O)CCCCCCCCCCCCCCCCC(=O)O)NCC(=O)[C@@H](N)Cc1cnc[nH]1. The summed E-state index contributed by atoms with van der Waals surface area (Å²) in [6.45, 7) is 4.84. The molecule has 0 unspecified atom stereocenters. The number of imidazole rings is 1. The molecule has 0 radical (unpaired) electrons. The van der Waals surface area contributed by atoms with Crippen LogP contribution in [0.25, 0.3) is 0 Å². The molecule has 0 fully saturated rings. The van der Waals surface area contributed by atoms with Gasteiger partial charge in [-0.2, -0.15) is 0 Å². The molecule has 0 saturated carbocycles. The van der Waals surface area contributed by atoms with Crippen molar-refractivity contribution in [2.45, 2.75) is 147 Å². The number of rotatable bonds is 53.